The second-order valence-corrected chi connectivity index (χ2v) is 6.56. The summed E-state index contributed by atoms with van der Waals surface area (Å²) in [5, 5.41) is 0. The molecule has 1 spiro atoms. The molecule has 3 fully saturated rings. The molecule has 0 N–H and O–H groups in total. The molecule has 4 aliphatic rings. The molecular weight excluding hydrogens is 270 g/mol. The summed E-state index contributed by atoms with van der Waals surface area (Å²) in [6, 6.07) is 0.330. The Morgan fingerprint density at radius 3 is 2.95 bits per heavy atom. The smallest absolute Gasteiger partial charge is 0.312 e. The van der Waals surface area contributed by atoms with Crippen molar-refractivity contribution in [2.45, 2.75) is 50.4 Å². The molecule has 1 aliphatic carbocycles. The fourth-order valence-electron chi connectivity index (χ4n) is 4.56. The number of hydrogen-bond acceptors (Lipinski definition) is 4. The van der Waals surface area contributed by atoms with E-state index in [1.54, 1.807) is 6.92 Å². The van der Waals surface area contributed by atoms with Crippen LogP contribution in [0.4, 0.5) is 0 Å². The van der Waals surface area contributed by atoms with Gasteiger partial charge in [-0.3, -0.25) is 9.59 Å². The molecule has 0 aromatic heterocycles. The molecule has 0 aromatic rings. The van der Waals surface area contributed by atoms with E-state index in [9.17, 15) is 9.59 Å². The minimum Gasteiger partial charge on any atom is -0.466 e. The molecule has 0 aromatic carbocycles. The van der Waals surface area contributed by atoms with Gasteiger partial charge in [0, 0.05) is 6.04 Å². The lowest BCUT2D eigenvalue weighted by Crippen LogP contribution is -2.41. The van der Waals surface area contributed by atoms with E-state index < -0.39 is 11.5 Å². The number of carbonyl (C=O) groups is 2. The Labute approximate surface area is 124 Å². The van der Waals surface area contributed by atoms with Crippen molar-refractivity contribution in [2.24, 2.45) is 11.8 Å². The van der Waals surface area contributed by atoms with Crippen molar-refractivity contribution in [3.63, 3.8) is 0 Å². The average Bonchev–Trinajstić information content (AvgIpc) is 3.19. The first-order chi connectivity index (χ1) is 10.2. The molecule has 1 saturated carbocycles. The van der Waals surface area contributed by atoms with Crippen molar-refractivity contribution >= 4 is 11.9 Å². The molecule has 3 heterocycles. The van der Waals surface area contributed by atoms with E-state index in [2.05, 4.69) is 0 Å². The van der Waals surface area contributed by atoms with Crippen molar-refractivity contribution in [2.75, 3.05) is 13.2 Å². The van der Waals surface area contributed by atoms with E-state index >= 15 is 0 Å². The summed E-state index contributed by atoms with van der Waals surface area (Å²) >= 11 is 0. The number of carbonyl (C=O) groups excluding carboxylic acids is 2. The van der Waals surface area contributed by atoms with E-state index in [1.807, 2.05) is 17.1 Å². The number of amides is 1. The first-order valence-corrected chi connectivity index (χ1v) is 8.00. The summed E-state index contributed by atoms with van der Waals surface area (Å²) in [5.41, 5.74) is -0.582. The minimum absolute atomic E-state index is 0.0896. The second kappa shape index (κ2) is 4.57. The lowest BCUT2D eigenvalue weighted by molar-refractivity contribution is -0.153. The Bertz CT molecular complexity index is 510. The Balaban J connectivity index is 1.63. The first-order valence-electron chi connectivity index (χ1n) is 8.00. The van der Waals surface area contributed by atoms with Crippen LogP contribution in [0.1, 0.15) is 32.6 Å². The largest absolute Gasteiger partial charge is 0.466 e. The van der Waals surface area contributed by atoms with Gasteiger partial charge in [0.2, 0.25) is 5.91 Å². The monoisotopic (exact) mass is 291 g/mol. The lowest BCUT2D eigenvalue weighted by atomic mass is 9.77. The van der Waals surface area contributed by atoms with Crippen LogP contribution in [0.15, 0.2) is 12.2 Å². The molecule has 0 unspecified atom stereocenters. The quantitative estimate of drug-likeness (QED) is 0.580. The van der Waals surface area contributed by atoms with Crippen LogP contribution in [0.25, 0.3) is 0 Å². The van der Waals surface area contributed by atoms with Crippen LogP contribution in [-0.4, -0.2) is 47.7 Å². The molecule has 114 valence electrons. The number of ether oxygens (including phenoxy) is 2. The molecule has 4 atom stereocenters. The summed E-state index contributed by atoms with van der Waals surface area (Å²) in [6.07, 6.45) is 8.18. The van der Waals surface area contributed by atoms with Gasteiger partial charge in [-0.2, -0.15) is 0 Å². The zero-order valence-electron chi connectivity index (χ0n) is 12.3. The molecule has 3 aliphatic heterocycles. The second-order valence-electron chi connectivity index (χ2n) is 6.56. The number of esters is 1. The average molecular weight is 291 g/mol. The van der Waals surface area contributed by atoms with E-state index in [-0.39, 0.29) is 23.9 Å². The third-order valence-corrected chi connectivity index (χ3v) is 5.45. The Morgan fingerprint density at radius 1 is 1.48 bits per heavy atom. The zero-order chi connectivity index (χ0) is 14.6. The molecule has 2 bridgehead atoms. The van der Waals surface area contributed by atoms with E-state index in [0.717, 1.165) is 12.8 Å². The molecule has 1 amide bonds. The van der Waals surface area contributed by atoms with Gasteiger partial charge in [-0.1, -0.05) is 25.0 Å². The summed E-state index contributed by atoms with van der Waals surface area (Å²) < 4.78 is 11.2. The van der Waals surface area contributed by atoms with Crippen molar-refractivity contribution in [3.05, 3.63) is 12.2 Å². The normalized spacial score (nSPS) is 41.1. The van der Waals surface area contributed by atoms with Gasteiger partial charge in [0.1, 0.15) is 11.5 Å². The molecule has 2 saturated heterocycles. The third kappa shape index (κ3) is 1.73. The minimum atomic E-state index is -0.582. The van der Waals surface area contributed by atoms with Gasteiger partial charge in [0.15, 0.2) is 0 Å². The number of fused-ring (bicyclic) bond motifs is 1. The lowest BCUT2D eigenvalue weighted by Gasteiger charge is -2.26. The van der Waals surface area contributed by atoms with Gasteiger partial charge in [0.25, 0.3) is 0 Å². The van der Waals surface area contributed by atoms with Gasteiger partial charge in [-0.05, 0) is 19.8 Å². The van der Waals surface area contributed by atoms with Crippen LogP contribution in [0.5, 0.6) is 0 Å². The van der Waals surface area contributed by atoms with Gasteiger partial charge < -0.3 is 14.4 Å². The van der Waals surface area contributed by atoms with Crippen LogP contribution < -0.4 is 0 Å². The van der Waals surface area contributed by atoms with Gasteiger partial charge >= 0.3 is 5.97 Å². The zero-order valence-corrected chi connectivity index (χ0v) is 12.3. The summed E-state index contributed by atoms with van der Waals surface area (Å²) in [6.45, 7) is 2.73. The summed E-state index contributed by atoms with van der Waals surface area (Å²) in [5.74, 6) is -1.05. The highest BCUT2D eigenvalue weighted by molar-refractivity contribution is 5.91. The Morgan fingerprint density at radius 2 is 2.24 bits per heavy atom. The van der Waals surface area contributed by atoms with Gasteiger partial charge in [-0.15, -0.1) is 0 Å². The topological polar surface area (TPSA) is 55.8 Å². The SMILES string of the molecule is CCOC(=O)[C@H]1[C@H]2C=C[C@@]3(CN(C4CCCC4)C(=O)[C@@H]13)O2. The van der Waals surface area contributed by atoms with Crippen LogP contribution in [-0.2, 0) is 19.1 Å². The van der Waals surface area contributed by atoms with Crippen molar-refractivity contribution < 1.29 is 19.1 Å². The number of hydrogen-bond donors (Lipinski definition) is 0. The van der Waals surface area contributed by atoms with Gasteiger partial charge in [0.05, 0.1) is 25.2 Å². The fourth-order valence-corrected chi connectivity index (χ4v) is 4.56. The molecule has 0 radical (unpaired) electrons. The Kier molecular flexibility index (Phi) is 2.89. The Hall–Kier alpha value is -1.36. The van der Waals surface area contributed by atoms with Crippen LogP contribution >= 0.6 is 0 Å². The van der Waals surface area contributed by atoms with Crippen LogP contribution in [0, 0.1) is 11.8 Å². The fraction of sp³-hybridized carbons (Fsp3) is 0.750. The molecule has 5 nitrogen and oxygen atoms in total. The predicted octanol–water partition coefficient (Wildman–Crippen LogP) is 1.27. The third-order valence-electron chi connectivity index (χ3n) is 5.45. The maximum absolute atomic E-state index is 12.9. The van der Waals surface area contributed by atoms with Crippen molar-refractivity contribution in [3.8, 4) is 0 Å². The van der Waals surface area contributed by atoms with Crippen molar-refractivity contribution in [1.82, 2.24) is 4.90 Å². The van der Waals surface area contributed by atoms with E-state index in [0.29, 0.717) is 19.2 Å². The summed E-state index contributed by atoms with van der Waals surface area (Å²) in [4.78, 5) is 27.1. The maximum atomic E-state index is 12.9. The highest BCUT2D eigenvalue weighted by atomic mass is 16.6. The molecule has 5 heteroatoms. The van der Waals surface area contributed by atoms with Gasteiger partial charge in [-0.25, -0.2) is 0 Å². The predicted molar refractivity (Wildman–Crippen MR) is 74.3 cm³/mol. The standard InChI is InChI=1S/C16H21NO4/c1-2-20-15(19)12-11-7-8-16(21-11)9-17(14(18)13(12)16)10-5-3-4-6-10/h7-8,10-13H,2-6,9H2,1H3/t11-,12+,13-,16+/m1/s1. The highest BCUT2D eigenvalue weighted by Crippen LogP contribution is 2.53. The molecule has 4 rings (SSSR count). The van der Waals surface area contributed by atoms with E-state index in [4.69, 9.17) is 9.47 Å². The number of rotatable bonds is 3. The summed E-state index contributed by atoms with van der Waals surface area (Å²) in [7, 11) is 0. The van der Waals surface area contributed by atoms with Crippen LogP contribution in [0.2, 0.25) is 0 Å². The maximum Gasteiger partial charge on any atom is 0.312 e. The molecular formula is C16H21NO4. The number of likely N-dealkylation sites (tertiary alicyclic amines) is 1. The van der Waals surface area contributed by atoms with E-state index in [1.165, 1.54) is 12.8 Å². The highest BCUT2D eigenvalue weighted by Gasteiger charge is 2.67. The molecule has 21 heavy (non-hydrogen) atoms. The van der Waals surface area contributed by atoms with Crippen LogP contribution in [0.3, 0.4) is 0 Å². The number of nitrogens with zero attached hydrogens (tertiary/aromatic N) is 1. The van der Waals surface area contributed by atoms with Crippen molar-refractivity contribution in [1.29, 1.82) is 0 Å². The first kappa shape index (κ1) is 13.3.